The molecule has 0 spiro atoms. The van der Waals surface area contributed by atoms with E-state index in [1.54, 1.807) is 6.20 Å². The normalized spacial score (nSPS) is 6.62. The molecule has 0 aliphatic heterocycles. The summed E-state index contributed by atoms with van der Waals surface area (Å²) in [5.41, 5.74) is 2.87. The minimum Gasteiger partial charge on any atom is -0.358 e. The van der Waals surface area contributed by atoms with Gasteiger partial charge in [-0.2, -0.15) is 13.8 Å². The molecule has 0 amide bonds. The van der Waals surface area contributed by atoms with Gasteiger partial charge in [0.2, 0.25) is 0 Å². The quantitative estimate of drug-likeness (QED) is 0.369. The summed E-state index contributed by atoms with van der Waals surface area (Å²) in [7, 11) is 0. The largest absolute Gasteiger partial charge is 2.00 e. The summed E-state index contributed by atoms with van der Waals surface area (Å²) in [5.74, 6) is 0. The molecule has 2 heterocycles. The number of pyridine rings is 2. The Morgan fingerprint density at radius 3 is 1.62 bits per heavy atom. The molecule has 0 radical (unpaired) electrons. The first kappa shape index (κ1) is 38.5. The van der Waals surface area contributed by atoms with Crippen LogP contribution in [0.5, 0.6) is 0 Å². The molecule has 0 fully saturated rings. The fourth-order valence-corrected chi connectivity index (χ4v) is 1.20. The summed E-state index contributed by atoms with van der Waals surface area (Å²) in [4.78, 5) is 8.61. The molecule has 2 rings (SSSR count). The van der Waals surface area contributed by atoms with Gasteiger partial charge in [-0.1, -0.05) is 54.7 Å². The van der Waals surface area contributed by atoms with Crippen LogP contribution in [0.3, 0.4) is 0 Å². The molecule has 0 aromatic carbocycles. The van der Waals surface area contributed by atoms with Crippen molar-refractivity contribution in [2.24, 2.45) is 0 Å². The molecule has 0 N–H and O–H groups in total. The van der Waals surface area contributed by atoms with E-state index in [1.165, 1.54) is 0 Å². The minimum absolute atomic E-state index is 0. The SMILES string of the molecule is C.C.CC.CC.C[CH-]C.Cc1cccc(-c2ccccn2)n1.[CH3-].[Pt+2]. The predicted molar refractivity (Wildman–Crippen MR) is 110 cm³/mol. The third-order valence-electron chi connectivity index (χ3n) is 1.82. The Morgan fingerprint density at radius 2 is 1.25 bits per heavy atom. The Labute approximate surface area is 167 Å². The van der Waals surface area contributed by atoms with E-state index in [4.69, 9.17) is 0 Å². The van der Waals surface area contributed by atoms with Crippen LogP contribution in [0.4, 0.5) is 0 Å². The topological polar surface area (TPSA) is 25.8 Å². The summed E-state index contributed by atoms with van der Waals surface area (Å²) in [6.07, 6.45) is 3.78. The molecule has 0 unspecified atom stereocenters. The number of aryl methyl sites for hydroxylation is 1. The maximum atomic E-state index is 4.38. The third-order valence-corrected chi connectivity index (χ3v) is 1.82. The standard InChI is InChI=1S/C11H10N2.C3H7.2C2H6.2CH4.CH3.Pt/c1-9-5-4-7-11(13-9)10-6-2-3-8-12-10;1-3-2;2*1-2;;;;/h2-8H,1H3;3H,1-2H3;2*1-2H3;2*1H4;1H3;/q;-1;;;;;-1;+2. The van der Waals surface area contributed by atoms with Gasteiger partial charge in [0.1, 0.15) is 0 Å². The van der Waals surface area contributed by atoms with E-state index in [0.717, 1.165) is 17.1 Å². The van der Waals surface area contributed by atoms with Gasteiger partial charge in [-0.05, 0) is 31.2 Å². The summed E-state index contributed by atoms with van der Waals surface area (Å²) in [5, 5.41) is 0. The van der Waals surface area contributed by atoms with E-state index in [2.05, 4.69) is 9.97 Å². The van der Waals surface area contributed by atoms with Crippen LogP contribution in [-0.4, -0.2) is 9.97 Å². The van der Waals surface area contributed by atoms with Crippen LogP contribution in [0.15, 0.2) is 42.6 Å². The second-order valence-corrected chi connectivity index (χ2v) is 3.46. The molecule has 24 heavy (non-hydrogen) atoms. The summed E-state index contributed by atoms with van der Waals surface area (Å²) >= 11 is 0. The zero-order chi connectivity index (χ0) is 15.8. The average molecular weight is 516 g/mol. The van der Waals surface area contributed by atoms with Gasteiger partial charge in [-0.3, -0.25) is 9.97 Å². The Hall–Kier alpha value is -1.01. The number of nitrogens with zero attached hydrogens (tertiary/aromatic N) is 2. The zero-order valence-electron chi connectivity index (χ0n) is 15.3. The maximum absolute atomic E-state index is 4.38. The van der Waals surface area contributed by atoms with Gasteiger partial charge >= 0.3 is 21.1 Å². The van der Waals surface area contributed by atoms with Crippen LogP contribution < -0.4 is 0 Å². The molecule has 0 saturated heterocycles. The van der Waals surface area contributed by atoms with Crippen molar-refractivity contribution in [1.82, 2.24) is 9.97 Å². The van der Waals surface area contributed by atoms with Crippen LogP contribution in [0.1, 0.15) is 62.1 Å². The van der Waals surface area contributed by atoms with E-state index >= 15 is 0 Å². The summed E-state index contributed by atoms with van der Waals surface area (Å²) in [6, 6.07) is 11.8. The van der Waals surface area contributed by atoms with Crippen LogP contribution in [0.2, 0.25) is 0 Å². The van der Waals surface area contributed by atoms with E-state index in [9.17, 15) is 0 Å². The Balaban J connectivity index is -0.0000000656. The molecule has 2 nitrogen and oxygen atoms in total. The monoisotopic (exact) mass is 515 g/mol. The molecule has 2 aromatic heterocycles. The van der Waals surface area contributed by atoms with E-state index in [0.29, 0.717) is 0 Å². The first-order valence-corrected chi connectivity index (χ1v) is 7.37. The van der Waals surface area contributed by atoms with Crippen molar-refractivity contribution in [2.75, 3.05) is 0 Å². The van der Waals surface area contributed by atoms with Crippen LogP contribution in [0, 0.1) is 20.8 Å². The van der Waals surface area contributed by atoms with Crippen LogP contribution in [0.25, 0.3) is 11.4 Å². The van der Waals surface area contributed by atoms with E-state index in [-0.39, 0.29) is 43.3 Å². The van der Waals surface area contributed by atoms with Crippen LogP contribution in [-0.2, 0) is 21.1 Å². The van der Waals surface area contributed by atoms with Gasteiger partial charge in [0.05, 0.1) is 11.4 Å². The van der Waals surface area contributed by atoms with Crippen molar-refractivity contribution in [1.29, 1.82) is 0 Å². The first-order chi connectivity index (χ1) is 9.77. The smallest absolute Gasteiger partial charge is 0.358 e. The number of hydrogen-bond acceptors (Lipinski definition) is 2. The molecule has 144 valence electrons. The van der Waals surface area contributed by atoms with Crippen molar-refractivity contribution >= 4 is 0 Å². The van der Waals surface area contributed by atoms with E-state index in [1.807, 2.05) is 91.3 Å². The Kier molecular flexibility index (Phi) is 48.0. The molecule has 2 aromatic rings. The predicted octanol–water partition coefficient (Wildman–Crippen LogP) is 7.45. The van der Waals surface area contributed by atoms with Crippen molar-refractivity contribution in [3.8, 4) is 11.4 Å². The molecular weight excluding hydrogens is 475 g/mol. The molecule has 0 saturated carbocycles. The fraction of sp³-hybridized carbons (Fsp3) is 0.429. The van der Waals surface area contributed by atoms with Gasteiger partial charge in [0.25, 0.3) is 0 Å². The van der Waals surface area contributed by atoms with Crippen molar-refractivity contribution in [2.45, 2.75) is 63.3 Å². The maximum Gasteiger partial charge on any atom is 2.00 e. The molecule has 0 aliphatic carbocycles. The molecule has 0 bridgehead atoms. The van der Waals surface area contributed by atoms with E-state index < -0.39 is 0 Å². The third kappa shape index (κ3) is 19.0. The minimum atomic E-state index is 0. The molecule has 0 aliphatic rings. The zero-order valence-corrected chi connectivity index (χ0v) is 17.6. The average Bonchev–Trinajstić information content (AvgIpc) is 2.53. The van der Waals surface area contributed by atoms with Gasteiger partial charge in [0, 0.05) is 11.9 Å². The van der Waals surface area contributed by atoms with Crippen molar-refractivity contribution in [3.63, 3.8) is 0 Å². The second-order valence-electron chi connectivity index (χ2n) is 3.46. The van der Waals surface area contributed by atoms with Crippen molar-refractivity contribution < 1.29 is 21.1 Å². The van der Waals surface area contributed by atoms with Gasteiger partial charge in [0.15, 0.2) is 0 Å². The molecule has 3 heteroatoms. The van der Waals surface area contributed by atoms with Crippen molar-refractivity contribution in [3.05, 3.63) is 62.1 Å². The second kappa shape index (κ2) is 29.9. The Bertz CT molecular complexity index is 417. The molecule has 0 atom stereocenters. The summed E-state index contributed by atoms with van der Waals surface area (Å²) in [6.45, 7) is 14.0. The number of hydrogen-bond donors (Lipinski definition) is 0. The fourth-order valence-electron chi connectivity index (χ4n) is 1.20. The van der Waals surface area contributed by atoms with Crippen LogP contribution >= 0.6 is 0 Å². The number of rotatable bonds is 1. The van der Waals surface area contributed by atoms with Gasteiger partial charge in [-0.25, -0.2) is 0 Å². The summed E-state index contributed by atoms with van der Waals surface area (Å²) < 4.78 is 0. The Morgan fingerprint density at radius 1 is 0.792 bits per heavy atom. The van der Waals surface area contributed by atoms with Gasteiger partial charge in [-0.15, -0.1) is 0 Å². The first-order valence-electron chi connectivity index (χ1n) is 7.37. The molecular formula is C21H40N2Pt. The van der Waals surface area contributed by atoms with Gasteiger partial charge < -0.3 is 13.8 Å². The number of aromatic nitrogens is 2.